The molecule has 1 aromatic rings. The van der Waals surface area contributed by atoms with Gasteiger partial charge >= 0.3 is 0 Å². The van der Waals surface area contributed by atoms with E-state index in [1.165, 1.54) is 0 Å². The summed E-state index contributed by atoms with van der Waals surface area (Å²) in [7, 11) is 1.71. The van der Waals surface area contributed by atoms with E-state index in [0.29, 0.717) is 5.88 Å². The van der Waals surface area contributed by atoms with E-state index >= 15 is 0 Å². The number of ether oxygens (including phenoxy) is 1. The normalized spacial score (nSPS) is 10.6. The van der Waals surface area contributed by atoms with Crippen LogP contribution in [0.15, 0.2) is 0 Å². The van der Waals surface area contributed by atoms with Gasteiger partial charge in [-0.15, -0.1) is 33.1 Å². The number of halogens is 1. The molecule has 0 saturated heterocycles. The molecule has 0 radical (unpaired) electrons. The van der Waals surface area contributed by atoms with Crippen LogP contribution in [0.5, 0.6) is 0 Å². The predicted molar refractivity (Wildman–Crippen MR) is 54.5 cm³/mol. The lowest BCUT2D eigenvalue weighted by molar-refractivity contribution is 0.195. The van der Waals surface area contributed by atoms with E-state index in [1.807, 2.05) is 0 Å². The molecule has 0 atom stereocenters. The highest BCUT2D eigenvalue weighted by atomic mass is 35.5. The van der Waals surface area contributed by atoms with Gasteiger partial charge in [-0.05, 0) is 6.42 Å². The summed E-state index contributed by atoms with van der Waals surface area (Å²) in [6.07, 6.45) is 2.78. The van der Waals surface area contributed by atoms with Crippen molar-refractivity contribution in [2.45, 2.75) is 19.3 Å². The van der Waals surface area contributed by atoms with Crippen LogP contribution in [0.25, 0.3) is 0 Å². The maximum atomic E-state index is 5.59. The summed E-state index contributed by atoms with van der Waals surface area (Å²) in [5.74, 6) is 0.618. The van der Waals surface area contributed by atoms with Crippen LogP contribution >= 0.6 is 22.9 Å². The average molecular weight is 221 g/mol. The minimum absolute atomic E-state index is 0.618. The van der Waals surface area contributed by atoms with Crippen molar-refractivity contribution in [2.75, 3.05) is 19.6 Å². The Morgan fingerprint density at radius 2 is 2.00 bits per heavy atom. The fourth-order valence-corrected chi connectivity index (χ4v) is 2.12. The molecule has 0 bridgehead atoms. The molecule has 0 aliphatic rings. The quantitative estimate of drug-likeness (QED) is 0.543. The van der Waals surface area contributed by atoms with E-state index in [0.717, 1.165) is 35.9 Å². The van der Waals surface area contributed by atoms with Gasteiger partial charge in [-0.1, -0.05) is 0 Å². The van der Waals surface area contributed by atoms with Crippen molar-refractivity contribution in [1.29, 1.82) is 0 Å². The molecule has 5 heteroatoms. The zero-order valence-corrected chi connectivity index (χ0v) is 9.20. The third kappa shape index (κ3) is 4.02. The Labute approximate surface area is 87.1 Å². The Kier molecular flexibility index (Phi) is 5.27. The monoisotopic (exact) mass is 220 g/mol. The largest absolute Gasteiger partial charge is 0.385 e. The first-order valence-corrected chi connectivity index (χ1v) is 5.58. The van der Waals surface area contributed by atoms with Crippen molar-refractivity contribution < 1.29 is 4.74 Å². The number of hydrogen-bond donors (Lipinski definition) is 0. The molecule has 74 valence electrons. The van der Waals surface area contributed by atoms with E-state index in [9.17, 15) is 0 Å². The zero-order chi connectivity index (χ0) is 9.52. The molecule has 0 aliphatic carbocycles. The van der Waals surface area contributed by atoms with Gasteiger partial charge in [0.25, 0.3) is 0 Å². The molecule has 1 heterocycles. The second-order valence-electron chi connectivity index (χ2n) is 2.62. The van der Waals surface area contributed by atoms with E-state index in [4.69, 9.17) is 16.3 Å². The molecular weight excluding hydrogens is 208 g/mol. The van der Waals surface area contributed by atoms with Gasteiger partial charge < -0.3 is 4.74 Å². The van der Waals surface area contributed by atoms with Gasteiger partial charge in [0.1, 0.15) is 10.0 Å². The Morgan fingerprint density at radius 3 is 2.62 bits per heavy atom. The van der Waals surface area contributed by atoms with E-state index in [-0.39, 0.29) is 0 Å². The Bertz CT molecular complexity index is 242. The minimum atomic E-state index is 0.618. The van der Waals surface area contributed by atoms with Gasteiger partial charge in [-0.3, -0.25) is 0 Å². The molecule has 3 nitrogen and oxygen atoms in total. The van der Waals surface area contributed by atoms with Crippen molar-refractivity contribution in [1.82, 2.24) is 10.2 Å². The predicted octanol–water partition coefficient (Wildman–Crippen LogP) is 1.90. The van der Waals surface area contributed by atoms with Gasteiger partial charge in [0.2, 0.25) is 0 Å². The van der Waals surface area contributed by atoms with Crippen molar-refractivity contribution in [2.24, 2.45) is 0 Å². The van der Waals surface area contributed by atoms with Crippen LogP contribution in [-0.2, 0) is 17.6 Å². The van der Waals surface area contributed by atoms with Crippen molar-refractivity contribution in [3.63, 3.8) is 0 Å². The van der Waals surface area contributed by atoms with Gasteiger partial charge in [0.15, 0.2) is 0 Å². The van der Waals surface area contributed by atoms with Crippen LogP contribution in [0.1, 0.15) is 16.4 Å². The Hall–Kier alpha value is -0.190. The first-order chi connectivity index (χ1) is 6.36. The lowest BCUT2D eigenvalue weighted by Crippen LogP contribution is -1.91. The first kappa shape index (κ1) is 10.9. The SMILES string of the molecule is COCCCc1nnc(CCCl)s1. The molecule has 0 fully saturated rings. The summed E-state index contributed by atoms with van der Waals surface area (Å²) >= 11 is 7.24. The molecule has 0 saturated carbocycles. The van der Waals surface area contributed by atoms with Crippen LogP contribution < -0.4 is 0 Å². The number of aryl methyl sites for hydroxylation is 2. The Balaban J connectivity index is 2.31. The molecule has 0 amide bonds. The number of aromatic nitrogens is 2. The number of nitrogens with zero attached hydrogens (tertiary/aromatic N) is 2. The smallest absolute Gasteiger partial charge is 0.118 e. The van der Waals surface area contributed by atoms with Gasteiger partial charge in [0.05, 0.1) is 0 Å². The zero-order valence-electron chi connectivity index (χ0n) is 7.62. The van der Waals surface area contributed by atoms with Gasteiger partial charge in [0, 0.05) is 32.4 Å². The molecule has 13 heavy (non-hydrogen) atoms. The number of hydrogen-bond acceptors (Lipinski definition) is 4. The molecule has 0 unspecified atom stereocenters. The summed E-state index contributed by atoms with van der Waals surface area (Å²) in [5.41, 5.74) is 0. The lowest BCUT2D eigenvalue weighted by Gasteiger charge is -1.93. The highest BCUT2D eigenvalue weighted by Gasteiger charge is 2.02. The third-order valence-electron chi connectivity index (χ3n) is 1.56. The average Bonchev–Trinajstić information content (AvgIpc) is 2.54. The van der Waals surface area contributed by atoms with Crippen LogP contribution in [0.2, 0.25) is 0 Å². The number of rotatable bonds is 6. The fraction of sp³-hybridized carbons (Fsp3) is 0.750. The number of alkyl halides is 1. The maximum absolute atomic E-state index is 5.59. The summed E-state index contributed by atoms with van der Waals surface area (Å²) in [6.45, 7) is 0.782. The summed E-state index contributed by atoms with van der Waals surface area (Å²) in [6, 6.07) is 0. The van der Waals surface area contributed by atoms with E-state index < -0.39 is 0 Å². The highest BCUT2D eigenvalue weighted by molar-refractivity contribution is 7.11. The maximum Gasteiger partial charge on any atom is 0.118 e. The first-order valence-electron chi connectivity index (χ1n) is 4.23. The standard InChI is InChI=1S/C8H13ClN2OS/c1-12-6-2-3-7-10-11-8(13-7)4-5-9/h2-6H2,1H3. The van der Waals surface area contributed by atoms with Gasteiger partial charge in [-0.25, -0.2) is 0 Å². The van der Waals surface area contributed by atoms with Crippen LogP contribution in [-0.4, -0.2) is 29.8 Å². The topological polar surface area (TPSA) is 35.0 Å². The molecule has 0 aromatic carbocycles. The van der Waals surface area contributed by atoms with Crippen molar-refractivity contribution in [3.05, 3.63) is 10.0 Å². The summed E-state index contributed by atoms with van der Waals surface area (Å²) in [4.78, 5) is 0. The van der Waals surface area contributed by atoms with Crippen molar-refractivity contribution >= 4 is 22.9 Å². The van der Waals surface area contributed by atoms with E-state index in [2.05, 4.69) is 10.2 Å². The molecule has 0 spiro atoms. The number of methoxy groups -OCH3 is 1. The summed E-state index contributed by atoms with van der Waals surface area (Å²) < 4.78 is 4.95. The molecule has 1 aromatic heterocycles. The molecular formula is C8H13ClN2OS. The van der Waals surface area contributed by atoms with E-state index in [1.54, 1.807) is 18.4 Å². The van der Waals surface area contributed by atoms with Crippen molar-refractivity contribution in [3.8, 4) is 0 Å². The minimum Gasteiger partial charge on any atom is -0.385 e. The third-order valence-corrected chi connectivity index (χ3v) is 2.79. The van der Waals surface area contributed by atoms with Crippen LogP contribution in [0, 0.1) is 0 Å². The van der Waals surface area contributed by atoms with Crippen LogP contribution in [0.4, 0.5) is 0 Å². The summed E-state index contributed by atoms with van der Waals surface area (Å²) in [5, 5.41) is 10.2. The second-order valence-corrected chi connectivity index (χ2v) is 4.15. The van der Waals surface area contributed by atoms with Gasteiger partial charge in [-0.2, -0.15) is 0 Å². The van der Waals surface area contributed by atoms with Crippen LogP contribution in [0.3, 0.4) is 0 Å². The lowest BCUT2D eigenvalue weighted by atomic mass is 10.3. The molecule has 0 N–H and O–H groups in total. The Morgan fingerprint density at radius 1 is 1.31 bits per heavy atom. The second kappa shape index (κ2) is 6.29. The molecule has 0 aliphatic heterocycles. The highest BCUT2D eigenvalue weighted by Crippen LogP contribution is 2.12. The fourth-order valence-electron chi connectivity index (χ4n) is 0.939. The molecule has 1 rings (SSSR count).